The second-order valence-electron chi connectivity index (χ2n) is 5.81. The van der Waals surface area contributed by atoms with Crippen molar-refractivity contribution in [3.8, 4) is 0 Å². The van der Waals surface area contributed by atoms with Gasteiger partial charge in [0, 0.05) is 18.7 Å². The van der Waals surface area contributed by atoms with Gasteiger partial charge >= 0.3 is 0 Å². The summed E-state index contributed by atoms with van der Waals surface area (Å²) < 4.78 is 5.96. The van der Waals surface area contributed by atoms with Gasteiger partial charge in [0.15, 0.2) is 0 Å². The molecule has 22 heavy (non-hydrogen) atoms. The Hall–Kier alpha value is -1.35. The van der Waals surface area contributed by atoms with Crippen molar-refractivity contribution in [2.75, 3.05) is 20.2 Å². The summed E-state index contributed by atoms with van der Waals surface area (Å²) in [7, 11) is 1.81. The van der Waals surface area contributed by atoms with E-state index in [0.717, 1.165) is 24.5 Å². The SMILES string of the molecule is CCN1CCC(c2ccccc2)(c2ccc(Cl)cc2)C1OC. The van der Waals surface area contributed by atoms with Crippen LogP contribution in [0.25, 0.3) is 0 Å². The predicted octanol–water partition coefficient (Wildman–Crippen LogP) is 4.32. The smallest absolute Gasteiger partial charge is 0.124 e. The summed E-state index contributed by atoms with van der Waals surface area (Å²) in [6.07, 6.45) is 1.09. The maximum absolute atomic E-state index is 6.09. The second kappa shape index (κ2) is 6.41. The van der Waals surface area contributed by atoms with Crippen molar-refractivity contribution in [3.05, 3.63) is 70.7 Å². The quantitative estimate of drug-likeness (QED) is 0.833. The van der Waals surface area contributed by atoms with Gasteiger partial charge in [0.1, 0.15) is 6.23 Å². The van der Waals surface area contributed by atoms with Crippen LogP contribution in [0.3, 0.4) is 0 Å². The Balaban J connectivity index is 2.17. The highest BCUT2D eigenvalue weighted by Gasteiger charge is 2.49. The minimum Gasteiger partial charge on any atom is -0.365 e. The van der Waals surface area contributed by atoms with Gasteiger partial charge in [-0.1, -0.05) is 61.0 Å². The van der Waals surface area contributed by atoms with E-state index in [-0.39, 0.29) is 11.6 Å². The van der Waals surface area contributed by atoms with Crippen molar-refractivity contribution in [3.63, 3.8) is 0 Å². The average Bonchev–Trinajstić information content (AvgIpc) is 2.95. The summed E-state index contributed by atoms with van der Waals surface area (Å²) in [4.78, 5) is 2.40. The fourth-order valence-corrected chi connectivity index (χ4v) is 3.90. The summed E-state index contributed by atoms with van der Waals surface area (Å²) in [5.74, 6) is 0. The molecule has 2 aromatic rings. The molecule has 3 rings (SSSR count). The van der Waals surface area contributed by atoms with Crippen molar-refractivity contribution >= 4 is 11.6 Å². The topological polar surface area (TPSA) is 12.5 Å². The van der Waals surface area contributed by atoms with Crippen LogP contribution in [0.1, 0.15) is 24.5 Å². The lowest BCUT2D eigenvalue weighted by Crippen LogP contribution is -2.44. The molecule has 116 valence electrons. The van der Waals surface area contributed by atoms with Crippen LogP contribution in [-0.4, -0.2) is 31.3 Å². The second-order valence-corrected chi connectivity index (χ2v) is 6.25. The molecule has 0 spiro atoms. The van der Waals surface area contributed by atoms with Crippen LogP contribution in [0.4, 0.5) is 0 Å². The van der Waals surface area contributed by atoms with E-state index in [1.165, 1.54) is 11.1 Å². The van der Waals surface area contributed by atoms with E-state index >= 15 is 0 Å². The van der Waals surface area contributed by atoms with E-state index in [2.05, 4.69) is 54.3 Å². The standard InChI is InChI=1S/C19H22ClNO/c1-3-21-14-13-19(18(21)22-2,15-7-5-4-6-8-15)16-9-11-17(20)12-10-16/h4-12,18H,3,13-14H2,1-2H3. The van der Waals surface area contributed by atoms with E-state index in [1.807, 2.05) is 19.2 Å². The molecule has 3 heteroatoms. The summed E-state index contributed by atoms with van der Waals surface area (Å²) in [6, 6.07) is 18.9. The predicted molar refractivity (Wildman–Crippen MR) is 91.3 cm³/mol. The number of ether oxygens (including phenoxy) is 1. The van der Waals surface area contributed by atoms with E-state index in [1.54, 1.807) is 0 Å². The van der Waals surface area contributed by atoms with Gasteiger partial charge in [0.05, 0.1) is 5.41 Å². The lowest BCUT2D eigenvalue weighted by Gasteiger charge is -2.38. The molecule has 0 aliphatic carbocycles. The van der Waals surface area contributed by atoms with Crippen LogP contribution in [-0.2, 0) is 10.2 Å². The van der Waals surface area contributed by atoms with E-state index in [0.29, 0.717) is 0 Å². The van der Waals surface area contributed by atoms with Crippen LogP contribution in [0, 0.1) is 0 Å². The van der Waals surface area contributed by atoms with Crippen LogP contribution in [0.5, 0.6) is 0 Å². The Morgan fingerprint density at radius 3 is 2.32 bits per heavy atom. The number of benzene rings is 2. The van der Waals surface area contributed by atoms with Gasteiger partial charge in [-0.25, -0.2) is 0 Å². The molecule has 1 saturated heterocycles. The molecular formula is C19H22ClNO. The molecule has 2 aromatic carbocycles. The Morgan fingerprint density at radius 2 is 1.73 bits per heavy atom. The number of halogens is 1. The molecule has 2 unspecified atom stereocenters. The van der Waals surface area contributed by atoms with Gasteiger partial charge in [0.2, 0.25) is 0 Å². The number of rotatable bonds is 4. The lowest BCUT2D eigenvalue weighted by atomic mass is 9.72. The number of methoxy groups -OCH3 is 1. The molecule has 0 radical (unpaired) electrons. The van der Waals surface area contributed by atoms with E-state index in [4.69, 9.17) is 16.3 Å². The third-order valence-corrected chi connectivity index (χ3v) is 5.08. The van der Waals surface area contributed by atoms with Gasteiger partial charge in [0.25, 0.3) is 0 Å². The lowest BCUT2D eigenvalue weighted by molar-refractivity contribution is -0.0310. The summed E-state index contributed by atoms with van der Waals surface area (Å²) >= 11 is 6.09. The van der Waals surface area contributed by atoms with E-state index in [9.17, 15) is 0 Å². The zero-order chi connectivity index (χ0) is 15.6. The van der Waals surface area contributed by atoms with Crippen molar-refractivity contribution in [1.29, 1.82) is 0 Å². The van der Waals surface area contributed by atoms with Crippen LogP contribution in [0.15, 0.2) is 54.6 Å². The highest BCUT2D eigenvalue weighted by Crippen LogP contribution is 2.46. The van der Waals surface area contributed by atoms with Gasteiger partial charge in [-0.2, -0.15) is 0 Å². The molecule has 1 fully saturated rings. The molecule has 0 amide bonds. The Kier molecular flexibility index (Phi) is 4.53. The van der Waals surface area contributed by atoms with Crippen LogP contribution in [0.2, 0.25) is 5.02 Å². The van der Waals surface area contributed by atoms with Gasteiger partial charge in [-0.05, 0) is 36.2 Å². The summed E-state index contributed by atoms with van der Waals surface area (Å²) in [6.45, 7) is 4.21. The van der Waals surface area contributed by atoms with Gasteiger partial charge < -0.3 is 4.74 Å². The monoisotopic (exact) mass is 315 g/mol. The number of hydrogen-bond acceptors (Lipinski definition) is 2. The molecule has 0 saturated carbocycles. The molecule has 1 aliphatic rings. The van der Waals surface area contributed by atoms with Crippen molar-refractivity contribution in [2.45, 2.75) is 25.0 Å². The molecule has 2 atom stereocenters. The molecule has 1 aliphatic heterocycles. The average molecular weight is 316 g/mol. The van der Waals surface area contributed by atoms with Crippen molar-refractivity contribution < 1.29 is 4.74 Å². The Morgan fingerprint density at radius 1 is 1.09 bits per heavy atom. The molecule has 1 heterocycles. The van der Waals surface area contributed by atoms with Gasteiger partial charge in [-0.3, -0.25) is 4.90 Å². The first-order chi connectivity index (χ1) is 10.7. The largest absolute Gasteiger partial charge is 0.365 e. The number of hydrogen-bond donors (Lipinski definition) is 0. The zero-order valence-electron chi connectivity index (χ0n) is 13.1. The number of nitrogens with zero attached hydrogens (tertiary/aromatic N) is 1. The number of likely N-dealkylation sites (N-methyl/N-ethyl adjacent to an activating group) is 1. The fraction of sp³-hybridized carbons (Fsp3) is 0.368. The highest BCUT2D eigenvalue weighted by atomic mass is 35.5. The Bertz CT molecular complexity index is 613. The van der Waals surface area contributed by atoms with Crippen molar-refractivity contribution in [1.82, 2.24) is 4.90 Å². The highest BCUT2D eigenvalue weighted by molar-refractivity contribution is 6.30. The van der Waals surface area contributed by atoms with Gasteiger partial charge in [-0.15, -0.1) is 0 Å². The van der Waals surface area contributed by atoms with E-state index < -0.39 is 0 Å². The fourth-order valence-electron chi connectivity index (χ4n) is 3.77. The molecule has 0 bridgehead atoms. The minimum absolute atomic E-state index is 0.0427. The maximum atomic E-state index is 6.09. The molecule has 0 N–H and O–H groups in total. The normalized spacial score (nSPS) is 25.5. The van der Waals surface area contributed by atoms with Crippen LogP contribution >= 0.6 is 11.6 Å². The molecule has 0 aromatic heterocycles. The first kappa shape index (κ1) is 15.5. The molecule has 2 nitrogen and oxygen atoms in total. The third kappa shape index (κ3) is 2.45. The molecular weight excluding hydrogens is 294 g/mol. The third-order valence-electron chi connectivity index (χ3n) is 4.82. The zero-order valence-corrected chi connectivity index (χ0v) is 13.9. The Labute approximate surface area is 137 Å². The summed E-state index contributed by atoms with van der Waals surface area (Å²) in [5, 5.41) is 0.770. The van der Waals surface area contributed by atoms with Crippen LogP contribution < -0.4 is 0 Å². The first-order valence-electron chi connectivity index (χ1n) is 7.80. The minimum atomic E-state index is -0.142. The summed E-state index contributed by atoms with van der Waals surface area (Å²) in [5.41, 5.74) is 2.43. The maximum Gasteiger partial charge on any atom is 0.124 e. The number of likely N-dealkylation sites (tertiary alicyclic amines) is 1. The van der Waals surface area contributed by atoms with Crippen molar-refractivity contribution in [2.24, 2.45) is 0 Å². The first-order valence-corrected chi connectivity index (χ1v) is 8.18.